The maximum absolute atomic E-state index is 13.1. The quantitative estimate of drug-likeness (QED) is 0.436. The van der Waals surface area contributed by atoms with Gasteiger partial charge in [0.25, 0.3) is 5.69 Å². The largest absolute Gasteiger partial charge is 0.306 e. The lowest BCUT2D eigenvalue weighted by atomic mass is 10.1. The Kier molecular flexibility index (Phi) is 5.10. The molecule has 0 spiro atoms. The van der Waals surface area contributed by atoms with E-state index in [1.54, 1.807) is 35.2 Å². The second-order valence-electron chi connectivity index (χ2n) is 6.64. The molecular formula is C22H16ClN3O3. The lowest BCUT2D eigenvalue weighted by Crippen LogP contribution is -2.31. The Bertz CT molecular complexity index is 1110. The highest BCUT2D eigenvalue weighted by Crippen LogP contribution is 2.37. The number of benzene rings is 3. The molecule has 1 heterocycles. The Morgan fingerprint density at radius 3 is 2.45 bits per heavy atom. The molecule has 0 fully saturated rings. The number of non-ortho nitro benzene ring substituents is 1. The summed E-state index contributed by atoms with van der Waals surface area (Å²) in [6.07, 6.45) is 0.0803. The fourth-order valence-electron chi connectivity index (χ4n) is 3.25. The number of anilines is 1. The lowest BCUT2D eigenvalue weighted by molar-refractivity contribution is -0.384. The third-order valence-corrected chi connectivity index (χ3v) is 4.95. The van der Waals surface area contributed by atoms with Crippen LogP contribution in [-0.2, 0) is 11.3 Å². The number of nitro benzene ring substituents is 1. The molecule has 0 saturated carbocycles. The van der Waals surface area contributed by atoms with E-state index in [0.29, 0.717) is 28.7 Å². The first kappa shape index (κ1) is 18.8. The topological polar surface area (TPSA) is 75.8 Å². The zero-order valence-corrected chi connectivity index (χ0v) is 16.0. The minimum absolute atomic E-state index is 0.0723. The van der Waals surface area contributed by atoms with E-state index in [2.05, 4.69) is 4.99 Å². The van der Waals surface area contributed by atoms with E-state index in [-0.39, 0.29) is 18.0 Å². The summed E-state index contributed by atoms with van der Waals surface area (Å²) >= 11 is 5.97. The number of rotatable bonds is 4. The van der Waals surface area contributed by atoms with Crippen molar-refractivity contribution in [3.05, 3.63) is 99.1 Å². The van der Waals surface area contributed by atoms with Gasteiger partial charge in [0.15, 0.2) is 0 Å². The molecule has 7 heteroatoms. The first-order chi connectivity index (χ1) is 14.0. The van der Waals surface area contributed by atoms with Crippen molar-refractivity contribution < 1.29 is 9.72 Å². The molecule has 0 radical (unpaired) electrons. The van der Waals surface area contributed by atoms with E-state index in [0.717, 1.165) is 11.1 Å². The van der Waals surface area contributed by atoms with Crippen molar-refractivity contribution in [1.82, 2.24) is 0 Å². The number of halogens is 1. The highest BCUT2D eigenvalue weighted by Gasteiger charge is 2.26. The lowest BCUT2D eigenvalue weighted by Gasteiger charge is -2.22. The molecule has 0 unspecified atom stereocenters. The number of amides is 1. The summed E-state index contributed by atoms with van der Waals surface area (Å²) in [6.45, 7) is 0.355. The number of nitrogens with zero attached hydrogens (tertiary/aromatic N) is 3. The summed E-state index contributed by atoms with van der Waals surface area (Å²) in [6, 6.07) is 21.0. The molecule has 6 nitrogen and oxygen atoms in total. The van der Waals surface area contributed by atoms with E-state index < -0.39 is 4.92 Å². The van der Waals surface area contributed by atoms with Gasteiger partial charge >= 0.3 is 0 Å². The van der Waals surface area contributed by atoms with Crippen LogP contribution in [0.4, 0.5) is 17.1 Å². The molecular weight excluding hydrogens is 390 g/mol. The first-order valence-corrected chi connectivity index (χ1v) is 9.35. The number of fused-ring (bicyclic) bond motifs is 1. The molecule has 1 amide bonds. The van der Waals surface area contributed by atoms with Gasteiger partial charge in [-0.25, -0.2) is 4.99 Å². The van der Waals surface area contributed by atoms with Crippen LogP contribution in [0.25, 0.3) is 0 Å². The Hall–Kier alpha value is -3.51. The van der Waals surface area contributed by atoms with Crippen LogP contribution in [0.3, 0.4) is 0 Å². The second-order valence-corrected chi connectivity index (χ2v) is 7.07. The van der Waals surface area contributed by atoms with Gasteiger partial charge < -0.3 is 4.90 Å². The average Bonchev–Trinajstić information content (AvgIpc) is 2.85. The minimum atomic E-state index is -0.466. The first-order valence-electron chi connectivity index (χ1n) is 8.97. The molecule has 3 aromatic carbocycles. The van der Waals surface area contributed by atoms with Crippen LogP contribution in [0.5, 0.6) is 0 Å². The van der Waals surface area contributed by atoms with Crippen molar-refractivity contribution in [3.8, 4) is 0 Å². The molecule has 144 valence electrons. The SMILES string of the molecule is O=C1CC(c2ccc(Cl)cc2)=Nc2cc([N+](=O)[O-])ccc2N1Cc1ccccc1. The molecule has 0 aliphatic carbocycles. The smallest absolute Gasteiger partial charge is 0.271 e. The van der Waals surface area contributed by atoms with Crippen LogP contribution in [0.15, 0.2) is 77.8 Å². The Labute approximate surface area is 172 Å². The predicted octanol–water partition coefficient (Wildman–Crippen LogP) is 5.31. The fraction of sp³-hybridized carbons (Fsp3) is 0.0909. The van der Waals surface area contributed by atoms with E-state index in [1.807, 2.05) is 30.3 Å². The van der Waals surface area contributed by atoms with Gasteiger partial charge in [-0.2, -0.15) is 0 Å². The number of carbonyl (C=O) groups excluding carboxylic acids is 1. The molecule has 0 bridgehead atoms. The third kappa shape index (κ3) is 4.02. The molecule has 1 aliphatic rings. The van der Waals surface area contributed by atoms with E-state index in [9.17, 15) is 14.9 Å². The normalized spacial score (nSPS) is 13.5. The number of hydrogen-bond donors (Lipinski definition) is 0. The van der Waals surface area contributed by atoms with Gasteiger partial charge in [-0.3, -0.25) is 14.9 Å². The third-order valence-electron chi connectivity index (χ3n) is 4.70. The zero-order valence-electron chi connectivity index (χ0n) is 15.3. The summed E-state index contributed by atoms with van der Waals surface area (Å²) in [5, 5.41) is 11.8. The van der Waals surface area contributed by atoms with Gasteiger partial charge in [-0.1, -0.05) is 54.1 Å². The second kappa shape index (κ2) is 7.85. The number of hydrogen-bond acceptors (Lipinski definition) is 4. The van der Waals surface area contributed by atoms with Gasteiger partial charge in [0.1, 0.15) is 0 Å². The molecule has 0 aromatic heterocycles. The van der Waals surface area contributed by atoms with Crippen LogP contribution in [0.1, 0.15) is 17.5 Å². The van der Waals surface area contributed by atoms with Crippen molar-refractivity contribution in [2.24, 2.45) is 4.99 Å². The number of aliphatic imine (C=N–C) groups is 1. The van der Waals surface area contributed by atoms with E-state index >= 15 is 0 Å². The van der Waals surface area contributed by atoms with Gasteiger partial charge in [0, 0.05) is 17.2 Å². The van der Waals surface area contributed by atoms with Gasteiger partial charge in [0.2, 0.25) is 5.91 Å². The van der Waals surface area contributed by atoms with E-state index in [1.165, 1.54) is 12.1 Å². The van der Waals surface area contributed by atoms with Crippen molar-refractivity contribution >= 4 is 40.3 Å². The molecule has 0 saturated heterocycles. The highest BCUT2D eigenvalue weighted by molar-refractivity contribution is 6.30. The van der Waals surface area contributed by atoms with Crippen molar-refractivity contribution in [3.63, 3.8) is 0 Å². The van der Waals surface area contributed by atoms with Crippen LogP contribution in [0, 0.1) is 10.1 Å². The van der Waals surface area contributed by atoms with Gasteiger partial charge in [-0.05, 0) is 29.3 Å². The Morgan fingerprint density at radius 2 is 1.76 bits per heavy atom. The minimum Gasteiger partial charge on any atom is -0.306 e. The molecule has 29 heavy (non-hydrogen) atoms. The monoisotopic (exact) mass is 405 g/mol. The van der Waals surface area contributed by atoms with Crippen LogP contribution in [-0.4, -0.2) is 16.5 Å². The summed E-state index contributed by atoms with van der Waals surface area (Å²) in [7, 11) is 0. The summed E-state index contributed by atoms with van der Waals surface area (Å²) in [5.41, 5.74) is 3.13. The van der Waals surface area contributed by atoms with Gasteiger partial charge in [-0.15, -0.1) is 0 Å². The Balaban J connectivity index is 1.81. The van der Waals surface area contributed by atoms with Crippen LogP contribution in [0.2, 0.25) is 5.02 Å². The van der Waals surface area contributed by atoms with Crippen molar-refractivity contribution in [2.45, 2.75) is 13.0 Å². The zero-order chi connectivity index (χ0) is 20.4. The maximum Gasteiger partial charge on any atom is 0.271 e. The number of carbonyl (C=O) groups is 1. The van der Waals surface area contributed by atoms with Crippen molar-refractivity contribution in [2.75, 3.05) is 4.90 Å². The summed E-state index contributed by atoms with van der Waals surface area (Å²) in [4.78, 5) is 30.2. The van der Waals surface area contributed by atoms with E-state index in [4.69, 9.17) is 11.6 Å². The maximum atomic E-state index is 13.1. The fourth-order valence-corrected chi connectivity index (χ4v) is 3.38. The summed E-state index contributed by atoms with van der Waals surface area (Å²) < 4.78 is 0. The summed E-state index contributed by atoms with van der Waals surface area (Å²) in [5.74, 6) is -0.129. The highest BCUT2D eigenvalue weighted by atomic mass is 35.5. The average molecular weight is 406 g/mol. The molecule has 1 aliphatic heterocycles. The predicted molar refractivity (Wildman–Crippen MR) is 113 cm³/mol. The standard InChI is InChI=1S/C22H16ClN3O3/c23-17-8-6-16(7-9-17)19-13-22(27)25(14-15-4-2-1-3-5-15)21-11-10-18(26(28)29)12-20(21)24-19/h1-12H,13-14H2. The molecule has 4 rings (SSSR count). The molecule has 0 atom stereocenters. The molecule has 0 N–H and O–H groups in total. The number of nitro groups is 1. The van der Waals surface area contributed by atoms with Crippen LogP contribution >= 0.6 is 11.6 Å². The van der Waals surface area contributed by atoms with Gasteiger partial charge in [0.05, 0.1) is 35.0 Å². The van der Waals surface area contributed by atoms with Crippen LogP contribution < -0.4 is 4.90 Å². The van der Waals surface area contributed by atoms with Crippen molar-refractivity contribution in [1.29, 1.82) is 0 Å². The Morgan fingerprint density at radius 1 is 1.03 bits per heavy atom. The molecule has 3 aromatic rings.